The highest BCUT2D eigenvalue weighted by molar-refractivity contribution is 6.03. The third-order valence-electron chi connectivity index (χ3n) is 4.21. The molecule has 1 aromatic heterocycles. The Balaban J connectivity index is 1.66. The Bertz CT molecular complexity index is 951. The van der Waals surface area contributed by atoms with E-state index in [1.54, 1.807) is 12.3 Å². The topological polar surface area (TPSA) is 76.1 Å². The van der Waals surface area contributed by atoms with Gasteiger partial charge in [-0.3, -0.25) is 4.79 Å². The summed E-state index contributed by atoms with van der Waals surface area (Å²) in [5.41, 5.74) is 3.05. The third-order valence-corrected chi connectivity index (χ3v) is 4.21. The number of hydrogen-bond donors (Lipinski definition) is 2. The average Bonchev–Trinajstić information content (AvgIpc) is 2.70. The van der Waals surface area contributed by atoms with E-state index in [2.05, 4.69) is 34.4 Å². The first-order valence-corrected chi connectivity index (χ1v) is 9.69. The van der Waals surface area contributed by atoms with Crippen LogP contribution in [0.5, 0.6) is 5.75 Å². The van der Waals surface area contributed by atoms with Gasteiger partial charge in [-0.2, -0.15) is 0 Å². The number of nitrogens with one attached hydrogen (secondary N) is 2. The lowest BCUT2D eigenvalue weighted by Gasteiger charge is -2.11. The molecule has 2 aromatic carbocycles. The van der Waals surface area contributed by atoms with Crippen LogP contribution in [0.15, 0.2) is 60.8 Å². The summed E-state index contributed by atoms with van der Waals surface area (Å²) in [6.07, 6.45) is 1.68. The fourth-order valence-corrected chi connectivity index (χ4v) is 2.71. The number of nitrogens with zero attached hydrogens (tertiary/aromatic N) is 2. The maximum Gasteiger partial charge on any atom is 0.274 e. The molecule has 0 fully saturated rings. The van der Waals surface area contributed by atoms with E-state index in [4.69, 9.17) is 4.74 Å². The van der Waals surface area contributed by atoms with Crippen LogP contribution in [0.1, 0.15) is 49.7 Å². The normalized spacial score (nSPS) is 10.8. The molecule has 29 heavy (non-hydrogen) atoms. The van der Waals surface area contributed by atoms with Crippen molar-refractivity contribution in [3.05, 3.63) is 72.1 Å². The first-order chi connectivity index (χ1) is 13.9. The van der Waals surface area contributed by atoms with Gasteiger partial charge in [-0.1, -0.05) is 26.0 Å². The van der Waals surface area contributed by atoms with Gasteiger partial charge in [0.05, 0.1) is 6.10 Å². The van der Waals surface area contributed by atoms with Crippen LogP contribution in [-0.2, 0) is 0 Å². The van der Waals surface area contributed by atoms with Gasteiger partial charge in [0, 0.05) is 17.6 Å². The van der Waals surface area contributed by atoms with Gasteiger partial charge >= 0.3 is 0 Å². The van der Waals surface area contributed by atoms with Crippen molar-refractivity contribution in [3.8, 4) is 5.75 Å². The van der Waals surface area contributed by atoms with Gasteiger partial charge in [0.1, 0.15) is 11.4 Å². The van der Waals surface area contributed by atoms with E-state index in [0.717, 1.165) is 17.1 Å². The lowest BCUT2D eigenvalue weighted by molar-refractivity contribution is 0.102. The van der Waals surface area contributed by atoms with Gasteiger partial charge in [0.25, 0.3) is 5.91 Å². The molecule has 0 radical (unpaired) electrons. The van der Waals surface area contributed by atoms with E-state index < -0.39 is 0 Å². The molecule has 6 heteroatoms. The predicted molar refractivity (Wildman–Crippen MR) is 116 cm³/mol. The molecule has 0 aliphatic carbocycles. The predicted octanol–water partition coefficient (Wildman–Crippen LogP) is 5.38. The number of aromatic nitrogens is 2. The molecule has 0 bridgehead atoms. The zero-order chi connectivity index (χ0) is 20.8. The summed E-state index contributed by atoms with van der Waals surface area (Å²) < 4.78 is 5.63. The molecule has 0 spiro atoms. The monoisotopic (exact) mass is 390 g/mol. The molecule has 0 unspecified atom stereocenters. The molecular formula is C23H26N4O2. The van der Waals surface area contributed by atoms with E-state index in [9.17, 15) is 4.79 Å². The quantitative estimate of drug-likeness (QED) is 0.566. The summed E-state index contributed by atoms with van der Waals surface area (Å²) in [6, 6.07) is 16.9. The summed E-state index contributed by atoms with van der Waals surface area (Å²) >= 11 is 0. The van der Waals surface area contributed by atoms with Crippen LogP contribution < -0.4 is 15.4 Å². The van der Waals surface area contributed by atoms with Crippen molar-refractivity contribution in [2.45, 2.75) is 39.7 Å². The van der Waals surface area contributed by atoms with E-state index in [0.29, 0.717) is 11.9 Å². The Labute approximate surface area is 171 Å². The van der Waals surface area contributed by atoms with Gasteiger partial charge in [-0.15, -0.1) is 0 Å². The molecule has 0 saturated heterocycles. The highest BCUT2D eigenvalue weighted by Crippen LogP contribution is 2.20. The lowest BCUT2D eigenvalue weighted by Crippen LogP contribution is -2.14. The van der Waals surface area contributed by atoms with Crippen molar-refractivity contribution in [2.24, 2.45) is 0 Å². The van der Waals surface area contributed by atoms with E-state index >= 15 is 0 Å². The largest absolute Gasteiger partial charge is 0.491 e. The lowest BCUT2D eigenvalue weighted by atomic mass is 10.0. The van der Waals surface area contributed by atoms with Crippen LogP contribution >= 0.6 is 0 Å². The minimum absolute atomic E-state index is 0.119. The summed E-state index contributed by atoms with van der Waals surface area (Å²) in [4.78, 5) is 21.0. The van der Waals surface area contributed by atoms with Crippen LogP contribution in [0.3, 0.4) is 0 Å². The second-order valence-corrected chi connectivity index (χ2v) is 7.31. The first kappa shape index (κ1) is 20.3. The first-order valence-electron chi connectivity index (χ1n) is 9.69. The van der Waals surface area contributed by atoms with Crippen LogP contribution in [0.25, 0.3) is 0 Å². The number of hydrogen-bond acceptors (Lipinski definition) is 5. The molecular weight excluding hydrogens is 364 g/mol. The molecule has 0 atom stereocenters. The Morgan fingerprint density at radius 2 is 1.55 bits per heavy atom. The Kier molecular flexibility index (Phi) is 6.44. The Hall–Kier alpha value is -3.41. The van der Waals surface area contributed by atoms with Gasteiger partial charge in [-0.25, -0.2) is 9.97 Å². The van der Waals surface area contributed by atoms with Crippen LogP contribution in [0.4, 0.5) is 17.3 Å². The number of rotatable bonds is 7. The molecule has 1 heterocycles. The number of carbonyl (C=O) groups is 1. The highest BCUT2D eigenvalue weighted by atomic mass is 16.5. The Morgan fingerprint density at radius 3 is 2.17 bits per heavy atom. The number of carbonyl (C=O) groups excluding carboxylic acids is 1. The number of ether oxygens (including phenoxy) is 1. The molecule has 1 amide bonds. The number of benzene rings is 2. The second kappa shape index (κ2) is 9.19. The van der Waals surface area contributed by atoms with E-state index in [-0.39, 0.29) is 17.7 Å². The minimum Gasteiger partial charge on any atom is -0.491 e. The van der Waals surface area contributed by atoms with Crippen molar-refractivity contribution in [2.75, 3.05) is 10.6 Å². The van der Waals surface area contributed by atoms with E-state index in [1.807, 2.05) is 62.4 Å². The molecule has 3 aromatic rings. The van der Waals surface area contributed by atoms with Crippen molar-refractivity contribution in [1.29, 1.82) is 0 Å². The fourth-order valence-electron chi connectivity index (χ4n) is 2.71. The van der Waals surface area contributed by atoms with Crippen LogP contribution in [0.2, 0.25) is 0 Å². The number of amides is 1. The smallest absolute Gasteiger partial charge is 0.274 e. The standard InChI is InChI=1S/C23H26N4O2/c1-15(2)17-5-7-18(8-6-17)25-22(28)21-13-14-24-23(27-21)26-19-9-11-20(12-10-19)29-16(3)4/h5-16H,1-4H3,(H,25,28)(H,24,26,27). The summed E-state index contributed by atoms with van der Waals surface area (Å²) in [5, 5.41) is 5.97. The van der Waals surface area contributed by atoms with Crippen LogP contribution in [-0.4, -0.2) is 22.0 Å². The molecule has 2 N–H and O–H groups in total. The zero-order valence-electron chi connectivity index (χ0n) is 17.1. The van der Waals surface area contributed by atoms with Gasteiger partial charge < -0.3 is 15.4 Å². The molecule has 3 rings (SSSR count). The fraction of sp³-hybridized carbons (Fsp3) is 0.261. The van der Waals surface area contributed by atoms with Gasteiger partial charge in [0.15, 0.2) is 0 Å². The molecule has 0 saturated carbocycles. The van der Waals surface area contributed by atoms with E-state index in [1.165, 1.54) is 5.56 Å². The molecule has 150 valence electrons. The van der Waals surface area contributed by atoms with Crippen LogP contribution in [0, 0.1) is 0 Å². The second-order valence-electron chi connectivity index (χ2n) is 7.31. The van der Waals surface area contributed by atoms with Crippen molar-refractivity contribution >= 4 is 23.2 Å². The van der Waals surface area contributed by atoms with Gasteiger partial charge in [-0.05, 0) is 67.8 Å². The maximum absolute atomic E-state index is 12.5. The summed E-state index contributed by atoms with van der Waals surface area (Å²) in [5.74, 6) is 1.31. The Morgan fingerprint density at radius 1 is 0.897 bits per heavy atom. The zero-order valence-corrected chi connectivity index (χ0v) is 17.1. The summed E-state index contributed by atoms with van der Waals surface area (Å²) in [6.45, 7) is 8.23. The minimum atomic E-state index is -0.284. The summed E-state index contributed by atoms with van der Waals surface area (Å²) in [7, 11) is 0. The molecule has 0 aliphatic rings. The molecule has 6 nitrogen and oxygen atoms in total. The SMILES string of the molecule is CC(C)Oc1ccc(Nc2nccc(C(=O)Nc3ccc(C(C)C)cc3)n2)cc1. The maximum atomic E-state index is 12.5. The average molecular weight is 390 g/mol. The van der Waals surface area contributed by atoms with Crippen molar-refractivity contribution in [3.63, 3.8) is 0 Å². The van der Waals surface area contributed by atoms with Crippen molar-refractivity contribution < 1.29 is 9.53 Å². The molecule has 0 aliphatic heterocycles. The van der Waals surface area contributed by atoms with Gasteiger partial charge in [0.2, 0.25) is 5.95 Å². The van der Waals surface area contributed by atoms with Crippen molar-refractivity contribution in [1.82, 2.24) is 9.97 Å². The third kappa shape index (κ3) is 5.78. The highest BCUT2D eigenvalue weighted by Gasteiger charge is 2.10. The number of anilines is 3.